The molecule has 16 heavy (non-hydrogen) atoms. The zero-order chi connectivity index (χ0) is 12.5. The van der Waals surface area contributed by atoms with E-state index >= 15 is 0 Å². The number of benzene rings is 1. The normalized spacial score (nSPS) is 11.6. The van der Waals surface area contributed by atoms with E-state index in [1.807, 2.05) is 0 Å². The molecule has 0 heterocycles. The fraction of sp³-hybridized carbons (Fsp3) is 0.333. The zero-order valence-electron chi connectivity index (χ0n) is 9.15. The second-order valence-electron chi connectivity index (χ2n) is 4.19. The van der Waals surface area contributed by atoms with Crippen molar-refractivity contribution in [2.45, 2.75) is 25.9 Å². The lowest BCUT2D eigenvalue weighted by Gasteiger charge is -2.21. The largest absolute Gasteiger partial charge is 0.386 e. The van der Waals surface area contributed by atoms with Crippen molar-refractivity contribution in [2.24, 2.45) is 0 Å². The lowest BCUT2D eigenvalue weighted by molar-refractivity contribution is 0.117. The number of hydrogen-bond donors (Lipinski definition) is 1. The maximum absolute atomic E-state index is 13.5. The first-order chi connectivity index (χ1) is 7.21. The topological polar surface area (TPSA) is 20.2 Å². The molecule has 1 rings (SSSR count). The summed E-state index contributed by atoms with van der Waals surface area (Å²) < 4.78 is 26.6. The summed E-state index contributed by atoms with van der Waals surface area (Å²) in [4.78, 5) is 0. The molecule has 0 amide bonds. The minimum Gasteiger partial charge on any atom is -0.386 e. The average molecular weight is 291 g/mol. The molecule has 0 spiro atoms. The molecule has 0 atom stereocenters. The Kier molecular flexibility index (Phi) is 3.86. The molecule has 0 aliphatic heterocycles. The maximum atomic E-state index is 13.5. The first-order valence-corrected chi connectivity index (χ1v) is 5.55. The minimum atomic E-state index is -1.08. The molecular formula is C12H13BrF2O. The lowest BCUT2D eigenvalue weighted by Crippen LogP contribution is -2.23. The Morgan fingerprint density at radius 1 is 1.44 bits per heavy atom. The first kappa shape index (κ1) is 13.3. The highest BCUT2D eigenvalue weighted by Crippen LogP contribution is 2.27. The summed E-state index contributed by atoms with van der Waals surface area (Å²) >= 11 is 3.09. The Bertz CT molecular complexity index is 399. The quantitative estimate of drug-likeness (QED) is 0.844. The van der Waals surface area contributed by atoms with E-state index in [4.69, 9.17) is 0 Å². The van der Waals surface area contributed by atoms with Gasteiger partial charge in [0.15, 0.2) is 0 Å². The van der Waals surface area contributed by atoms with E-state index < -0.39 is 17.2 Å². The molecule has 0 unspecified atom stereocenters. The monoisotopic (exact) mass is 290 g/mol. The van der Waals surface area contributed by atoms with Crippen LogP contribution in [0.5, 0.6) is 0 Å². The van der Waals surface area contributed by atoms with Gasteiger partial charge in [-0.15, -0.1) is 0 Å². The zero-order valence-corrected chi connectivity index (χ0v) is 10.7. The molecule has 1 aromatic carbocycles. The van der Waals surface area contributed by atoms with Gasteiger partial charge in [-0.3, -0.25) is 0 Å². The SMILES string of the molecule is C=C(Cc1c(F)cc(F)cc1Br)C(C)(C)O. The van der Waals surface area contributed by atoms with Gasteiger partial charge >= 0.3 is 0 Å². The number of rotatable bonds is 3. The second-order valence-corrected chi connectivity index (χ2v) is 5.04. The van der Waals surface area contributed by atoms with Crippen LogP contribution in [0.2, 0.25) is 0 Å². The molecule has 0 aliphatic carbocycles. The summed E-state index contributed by atoms with van der Waals surface area (Å²) in [6.07, 6.45) is 0.163. The molecule has 0 bridgehead atoms. The number of hydrogen-bond acceptors (Lipinski definition) is 1. The van der Waals surface area contributed by atoms with E-state index in [2.05, 4.69) is 22.5 Å². The van der Waals surface area contributed by atoms with Crippen LogP contribution in [0, 0.1) is 11.6 Å². The summed E-state index contributed by atoms with van der Waals surface area (Å²) in [6, 6.07) is 2.01. The van der Waals surface area contributed by atoms with Crippen LogP contribution in [0.3, 0.4) is 0 Å². The van der Waals surface area contributed by atoms with Crippen molar-refractivity contribution in [2.75, 3.05) is 0 Å². The standard InChI is InChI=1S/C12H13BrF2O/c1-7(12(2,3)16)4-9-10(13)5-8(14)6-11(9)15/h5-6,16H,1,4H2,2-3H3. The smallest absolute Gasteiger partial charge is 0.130 e. The third kappa shape index (κ3) is 3.12. The molecule has 1 aromatic rings. The molecular weight excluding hydrogens is 278 g/mol. The highest BCUT2D eigenvalue weighted by molar-refractivity contribution is 9.10. The second kappa shape index (κ2) is 4.63. The van der Waals surface area contributed by atoms with Crippen LogP contribution in [0.25, 0.3) is 0 Å². The molecule has 0 aromatic heterocycles. The predicted molar refractivity (Wildman–Crippen MR) is 63.2 cm³/mol. The van der Waals surface area contributed by atoms with Crippen molar-refractivity contribution in [1.82, 2.24) is 0 Å². The van der Waals surface area contributed by atoms with E-state index in [1.165, 1.54) is 6.07 Å². The average Bonchev–Trinajstić information content (AvgIpc) is 2.08. The minimum absolute atomic E-state index is 0.163. The Morgan fingerprint density at radius 3 is 2.44 bits per heavy atom. The molecule has 4 heteroatoms. The van der Waals surface area contributed by atoms with Gasteiger partial charge in [-0.2, -0.15) is 0 Å². The van der Waals surface area contributed by atoms with E-state index in [0.717, 1.165) is 6.07 Å². The summed E-state index contributed by atoms with van der Waals surface area (Å²) in [6.45, 7) is 6.84. The van der Waals surface area contributed by atoms with Gasteiger partial charge in [-0.05, 0) is 31.9 Å². The van der Waals surface area contributed by atoms with Crippen molar-refractivity contribution < 1.29 is 13.9 Å². The lowest BCUT2D eigenvalue weighted by atomic mass is 9.93. The van der Waals surface area contributed by atoms with Gasteiger partial charge < -0.3 is 5.11 Å². The van der Waals surface area contributed by atoms with Crippen LogP contribution < -0.4 is 0 Å². The summed E-state index contributed by atoms with van der Waals surface area (Å²) in [5, 5.41) is 9.67. The van der Waals surface area contributed by atoms with Crippen molar-refractivity contribution in [3.05, 3.63) is 46.0 Å². The van der Waals surface area contributed by atoms with Gasteiger partial charge in [0.25, 0.3) is 0 Å². The van der Waals surface area contributed by atoms with Crippen molar-refractivity contribution in [3.8, 4) is 0 Å². The predicted octanol–water partition coefficient (Wildman–Crippen LogP) is 3.60. The molecule has 1 nitrogen and oxygen atoms in total. The summed E-state index contributed by atoms with van der Waals surface area (Å²) in [7, 11) is 0. The molecule has 1 N–H and O–H groups in total. The van der Waals surface area contributed by atoms with Crippen LogP contribution in [0.1, 0.15) is 19.4 Å². The third-order valence-corrected chi connectivity index (χ3v) is 3.07. The molecule has 88 valence electrons. The summed E-state index contributed by atoms with van der Waals surface area (Å²) in [5.41, 5.74) is -0.312. The van der Waals surface area contributed by atoms with E-state index in [9.17, 15) is 13.9 Å². The van der Waals surface area contributed by atoms with Gasteiger partial charge in [-0.1, -0.05) is 22.5 Å². The molecule has 0 aliphatic rings. The van der Waals surface area contributed by atoms with Gasteiger partial charge in [-0.25, -0.2) is 8.78 Å². The number of halogens is 3. The van der Waals surface area contributed by atoms with Gasteiger partial charge in [0.2, 0.25) is 0 Å². The van der Waals surface area contributed by atoms with Gasteiger partial charge in [0, 0.05) is 16.1 Å². The van der Waals surface area contributed by atoms with Crippen LogP contribution in [0.4, 0.5) is 8.78 Å². The Hall–Kier alpha value is -0.740. The Labute approximate surface area is 102 Å². The summed E-state index contributed by atoms with van der Waals surface area (Å²) in [5.74, 6) is -1.28. The highest BCUT2D eigenvalue weighted by Gasteiger charge is 2.20. The van der Waals surface area contributed by atoms with Gasteiger partial charge in [0.05, 0.1) is 5.60 Å². The Morgan fingerprint density at radius 2 is 2.00 bits per heavy atom. The molecule has 0 saturated heterocycles. The van der Waals surface area contributed by atoms with Crippen LogP contribution in [0.15, 0.2) is 28.8 Å². The molecule has 0 radical (unpaired) electrons. The van der Waals surface area contributed by atoms with Crippen LogP contribution >= 0.6 is 15.9 Å². The van der Waals surface area contributed by atoms with E-state index in [-0.39, 0.29) is 6.42 Å². The molecule has 0 fully saturated rings. The van der Waals surface area contributed by atoms with Crippen LogP contribution in [-0.2, 0) is 6.42 Å². The first-order valence-electron chi connectivity index (χ1n) is 4.76. The third-order valence-electron chi connectivity index (χ3n) is 2.36. The van der Waals surface area contributed by atoms with Crippen molar-refractivity contribution >= 4 is 15.9 Å². The van der Waals surface area contributed by atoms with Crippen molar-refractivity contribution in [3.63, 3.8) is 0 Å². The molecule has 0 saturated carbocycles. The van der Waals surface area contributed by atoms with Gasteiger partial charge in [0.1, 0.15) is 11.6 Å². The maximum Gasteiger partial charge on any atom is 0.130 e. The number of aliphatic hydroxyl groups is 1. The van der Waals surface area contributed by atoms with E-state index in [0.29, 0.717) is 15.6 Å². The fourth-order valence-corrected chi connectivity index (χ4v) is 1.72. The highest BCUT2D eigenvalue weighted by atomic mass is 79.9. The van der Waals surface area contributed by atoms with Crippen LogP contribution in [-0.4, -0.2) is 10.7 Å². The fourth-order valence-electron chi connectivity index (χ4n) is 1.17. The van der Waals surface area contributed by atoms with E-state index in [1.54, 1.807) is 13.8 Å². The Balaban J connectivity index is 3.03. The van der Waals surface area contributed by atoms with Crippen molar-refractivity contribution in [1.29, 1.82) is 0 Å².